The van der Waals surface area contributed by atoms with E-state index < -0.39 is 0 Å². The van der Waals surface area contributed by atoms with Crippen LogP contribution in [0.4, 0.5) is 0 Å². The van der Waals surface area contributed by atoms with Gasteiger partial charge in [-0.25, -0.2) is 0 Å². The van der Waals surface area contributed by atoms with Crippen molar-refractivity contribution in [2.75, 3.05) is 6.61 Å². The van der Waals surface area contributed by atoms with Crippen molar-refractivity contribution in [1.29, 1.82) is 0 Å². The molecule has 0 amide bonds. The maximum absolute atomic E-state index is 9.14. The lowest BCUT2D eigenvalue weighted by Gasteiger charge is -2.30. The highest BCUT2D eigenvalue weighted by atomic mass is 16.3. The lowest BCUT2D eigenvalue weighted by molar-refractivity contribution is 0.158. The summed E-state index contributed by atoms with van der Waals surface area (Å²) in [6.07, 6.45) is 14.2. The van der Waals surface area contributed by atoms with Gasteiger partial charge in [-0.15, -0.1) is 0 Å². The van der Waals surface area contributed by atoms with Crippen LogP contribution in [0.2, 0.25) is 0 Å². The van der Waals surface area contributed by atoms with Gasteiger partial charge in [0.25, 0.3) is 0 Å². The van der Waals surface area contributed by atoms with Crippen molar-refractivity contribution in [1.82, 2.24) is 0 Å². The second-order valence-corrected chi connectivity index (χ2v) is 6.77. The molecule has 2 fully saturated rings. The van der Waals surface area contributed by atoms with Gasteiger partial charge in [-0.05, 0) is 36.5 Å². The summed E-state index contributed by atoms with van der Waals surface area (Å²) >= 11 is 0. The molecule has 2 rings (SSSR count). The fraction of sp³-hybridized carbons (Fsp3) is 1.00. The fourth-order valence-corrected chi connectivity index (χ4v) is 3.79. The Morgan fingerprint density at radius 3 is 1.59 bits per heavy atom. The molecule has 2 aliphatic carbocycles. The van der Waals surface area contributed by atoms with Gasteiger partial charge in [-0.1, -0.05) is 58.3 Å². The van der Waals surface area contributed by atoms with Crippen LogP contribution in [0.5, 0.6) is 0 Å². The zero-order valence-corrected chi connectivity index (χ0v) is 11.5. The van der Waals surface area contributed by atoms with Crippen molar-refractivity contribution < 1.29 is 5.11 Å². The number of rotatable bonds is 4. The summed E-state index contributed by atoms with van der Waals surface area (Å²) in [7, 11) is 0. The molecule has 0 aromatic carbocycles. The standard InChI is InChI=1S/C16H30O/c1-13-2-4-14(5-3-13)6-7-15-8-10-16(12-17)11-9-15/h13-17H,2-12H2,1H3. The maximum atomic E-state index is 9.14. The topological polar surface area (TPSA) is 20.2 Å². The zero-order chi connectivity index (χ0) is 12.1. The molecular weight excluding hydrogens is 208 g/mol. The third kappa shape index (κ3) is 4.28. The quantitative estimate of drug-likeness (QED) is 0.770. The summed E-state index contributed by atoms with van der Waals surface area (Å²) in [6.45, 7) is 2.83. The fourth-order valence-electron chi connectivity index (χ4n) is 3.79. The van der Waals surface area contributed by atoms with Gasteiger partial charge in [-0.2, -0.15) is 0 Å². The van der Waals surface area contributed by atoms with E-state index in [9.17, 15) is 0 Å². The molecule has 0 unspecified atom stereocenters. The molecular formula is C16H30O. The van der Waals surface area contributed by atoms with E-state index in [1.54, 1.807) is 0 Å². The molecule has 2 saturated carbocycles. The van der Waals surface area contributed by atoms with Gasteiger partial charge in [0.1, 0.15) is 0 Å². The molecule has 0 saturated heterocycles. The van der Waals surface area contributed by atoms with Crippen LogP contribution >= 0.6 is 0 Å². The van der Waals surface area contributed by atoms with Crippen LogP contribution in [-0.4, -0.2) is 11.7 Å². The molecule has 0 atom stereocenters. The van der Waals surface area contributed by atoms with Gasteiger partial charge >= 0.3 is 0 Å². The van der Waals surface area contributed by atoms with E-state index in [4.69, 9.17) is 5.11 Å². The Hall–Kier alpha value is -0.0400. The van der Waals surface area contributed by atoms with Gasteiger partial charge in [0.05, 0.1) is 0 Å². The van der Waals surface area contributed by atoms with Gasteiger partial charge in [0, 0.05) is 6.61 Å². The van der Waals surface area contributed by atoms with E-state index in [-0.39, 0.29) is 0 Å². The lowest BCUT2D eigenvalue weighted by atomic mass is 9.76. The summed E-state index contributed by atoms with van der Waals surface area (Å²) in [5, 5.41) is 9.14. The first-order chi connectivity index (χ1) is 8.28. The molecule has 0 radical (unpaired) electrons. The highest BCUT2D eigenvalue weighted by Crippen LogP contribution is 2.36. The minimum Gasteiger partial charge on any atom is -0.396 e. The van der Waals surface area contributed by atoms with Crippen LogP contribution in [0.3, 0.4) is 0 Å². The first-order valence-electron chi connectivity index (χ1n) is 7.88. The Balaban J connectivity index is 1.59. The van der Waals surface area contributed by atoms with E-state index in [1.807, 2.05) is 0 Å². The van der Waals surface area contributed by atoms with Crippen molar-refractivity contribution in [2.45, 2.75) is 71.1 Å². The predicted octanol–water partition coefficient (Wildman–Crippen LogP) is 4.39. The summed E-state index contributed by atoms with van der Waals surface area (Å²) in [4.78, 5) is 0. The summed E-state index contributed by atoms with van der Waals surface area (Å²) in [6, 6.07) is 0. The Morgan fingerprint density at radius 2 is 1.12 bits per heavy atom. The van der Waals surface area contributed by atoms with Crippen molar-refractivity contribution >= 4 is 0 Å². The Labute approximate surface area is 107 Å². The van der Waals surface area contributed by atoms with Crippen LogP contribution in [0, 0.1) is 23.7 Å². The van der Waals surface area contributed by atoms with Crippen LogP contribution in [0.15, 0.2) is 0 Å². The monoisotopic (exact) mass is 238 g/mol. The highest BCUT2D eigenvalue weighted by Gasteiger charge is 2.23. The van der Waals surface area contributed by atoms with Gasteiger partial charge in [0.15, 0.2) is 0 Å². The van der Waals surface area contributed by atoms with Crippen molar-refractivity contribution in [3.8, 4) is 0 Å². The molecule has 0 heterocycles. The summed E-state index contributed by atoms with van der Waals surface area (Å²) in [5.41, 5.74) is 0. The van der Waals surface area contributed by atoms with Crippen molar-refractivity contribution in [2.24, 2.45) is 23.7 Å². The molecule has 2 aliphatic rings. The largest absolute Gasteiger partial charge is 0.396 e. The number of hydrogen-bond acceptors (Lipinski definition) is 1. The molecule has 1 N–H and O–H groups in total. The van der Waals surface area contributed by atoms with Crippen LogP contribution < -0.4 is 0 Å². The second kappa shape index (κ2) is 6.78. The molecule has 0 aliphatic heterocycles. The molecule has 0 aromatic rings. The summed E-state index contributed by atoms with van der Waals surface area (Å²) < 4.78 is 0. The molecule has 1 heteroatoms. The predicted molar refractivity (Wildman–Crippen MR) is 72.9 cm³/mol. The van der Waals surface area contributed by atoms with Gasteiger partial charge < -0.3 is 5.11 Å². The Morgan fingerprint density at radius 1 is 0.706 bits per heavy atom. The average molecular weight is 238 g/mol. The Kier molecular flexibility index (Phi) is 5.34. The van der Waals surface area contributed by atoms with Crippen LogP contribution in [0.1, 0.15) is 71.1 Å². The SMILES string of the molecule is CC1CCC(CCC2CCC(CO)CC2)CC1. The van der Waals surface area contributed by atoms with Crippen LogP contribution in [0.25, 0.3) is 0 Å². The minimum absolute atomic E-state index is 0.424. The van der Waals surface area contributed by atoms with Gasteiger partial charge in [0.2, 0.25) is 0 Å². The van der Waals surface area contributed by atoms with Crippen molar-refractivity contribution in [3.63, 3.8) is 0 Å². The smallest absolute Gasteiger partial charge is 0.0459 e. The van der Waals surface area contributed by atoms with Gasteiger partial charge in [-0.3, -0.25) is 0 Å². The lowest BCUT2D eigenvalue weighted by Crippen LogP contribution is -2.19. The van der Waals surface area contributed by atoms with Crippen molar-refractivity contribution in [3.05, 3.63) is 0 Å². The molecule has 0 bridgehead atoms. The molecule has 0 spiro atoms. The molecule has 100 valence electrons. The third-order valence-corrected chi connectivity index (χ3v) is 5.34. The first kappa shape index (κ1) is 13.4. The number of aliphatic hydroxyl groups is 1. The Bertz CT molecular complexity index is 198. The third-order valence-electron chi connectivity index (χ3n) is 5.34. The number of aliphatic hydroxyl groups excluding tert-OH is 1. The van der Waals surface area contributed by atoms with E-state index in [1.165, 1.54) is 64.2 Å². The minimum atomic E-state index is 0.424. The molecule has 1 nitrogen and oxygen atoms in total. The van der Waals surface area contributed by atoms with Crippen LogP contribution in [-0.2, 0) is 0 Å². The normalized spacial score (nSPS) is 39.2. The van der Waals surface area contributed by atoms with E-state index >= 15 is 0 Å². The van der Waals surface area contributed by atoms with E-state index in [0.717, 1.165) is 17.8 Å². The molecule has 17 heavy (non-hydrogen) atoms. The number of hydrogen-bond donors (Lipinski definition) is 1. The zero-order valence-electron chi connectivity index (χ0n) is 11.5. The summed E-state index contributed by atoms with van der Waals surface area (Å²) in [5.74, 6) is 3.65. The second-order valence-electron chi connectivity index (χ2n) is 6.77. The van der Waals surface area contributed by atoms with E-state index in [2.05, 4.69) is 6.92 Å². The molecule has 0 aromatic heterocycles. The maximum Gasteiger partial charge on any atom is 0.0459 e. The first-order valence-corrected chi connectivity index (χ1v) is 7.88. The van der Waals surface area contributed by atoms with E-state index in [0.29, 0.717) is 12.5 Å². The average Bonchev–Trinajstić information content (AvgIpc) is 2.39. The highest BCUT2D eigenvalue weighted by molar-refractivity contribution is 4.75.